The van der Waals surface area contributed by atoms with Gasteiger partial charge in [-0.3, -0.25) is 0 Å². The van der Waals surface area contributed by atoms with Gasteiger partial charge in [-0.15, -0.1) is 0 Å². The van der Waals surface area contributed by atoms with Crippen LogP contribution in [-0.2, 0) is 10.1 Å². The molecule has 0 heterocycles. The molecule has 0 aromatic carbocycles. The van der Waals surface area contributed by atoms with E-state index in [1.807, 2.05) is 0 Å². The average molecular weight is 387 g/mol. The Morgan fingerprint density at radius 2 is 1.12 bits per heavy atom. The number of aliphatic hydroxyl groups is 1. The summed E-state index contributed by atoms with van der Waals surface area (Å²) in [6.45, 7) is 4.28. The van der Waals surface area contributed by atoms with Crippen LogP contribution in [0, 0.1) is 0 Å². The van der Waals surface area contributed by atoms with Crippen molar-refractivity contribution in [2.45, 2.75) is 122 Å². The van der Waals surface area contributed by atoms with Crippen LogP contribution in [0.2, 0.25) is 0 Å². The largest absolute Gasteiger partial charge is 1.00 e. The van der Waals surface area contributed by atoms with E-state index in [0.29, 0.717) is 12.8 Å². The van der Waals surface area contributed by atoms with Crippen LogP contribution in [0.4, 0.5) is 0 Å². The molecule has 0 rings (SSSR count). The first-order valence-electron chi connectivity index (χ1n) is 10.0. The predicted molar refractivity (Wildman–Crippen MR) is 100 cm³/mol. The molecule has 0 aromatic heterocycles. The van der Waals surface area contributed by atoms with Gasteiger partial charge < -0.3 is 9.66 Å². The summed E-state index contributed by atoms with van der Waals surface area (Å²) >= 11 is 0. The van der Waals surface area contributed by atoms with E-state index < -0.39 is 15.4 Å². The van der Waals surface area contributed by atoms with Crippen LogP contribution in [0.15, 0.2) is 0 Å². The van der Waals surface area contributed by atoms with Crippen molar-refractivity contribution in [3.05, 3.63) is 0 Å². The first kappa shape index (κ1) is 28.1. The Balaban J connectivity index is 0. The van der Waals surface area contributed by atoms with Gasteiger partial charge in [0.25, 0.3) is 0 Å². The second-order valence-electron chi connectivity index (χ2n) is 7.11. The van der Waals surface area contributed by atoms with Gasteiger partial charge in [0.2, 0.25) is 0 Å². The predicted octanol–water partition coefficient (Wildman–Crippen LogP) is 2.16. The normalized spacial score (nSPS) is 14.1. The quantitative estimate of drug-likeness (QED) is 0.236. The molecular formula is C19H39NaO4S. The molecule has 0 radical (unpaired) electrons. The summed E-state index contributed by atoms with van der Waals surface area (Å²) in [5, 5.41) is 9.06. The summed E-state index contributed by atoms with van der Waals surface area (Å²) in [7, 11) is -4.18. The zero-order valence-electron chi connectivity index (χ0n) is 16.8. The Labute approximate surface area is 178 Å². The fourth-order valence-electron chi connectivity index (χ4n) is 3.10. The van der Waals surface area contributed by atoms with Crippen LogP contribution < -0.4 is 29.6 Å². The molecule has 0 aliphatic carbocycles. The standard InChI is InChI=1S/C19H40O4S.Na/c1-3-5-7-8-9-12-16-19(24(21,22)23)17-13-10-11-15-18(20)14-6-4-2;/h18-20H,3-17H2,1-2H3,(H,21,22,23);/q;+1/p-1. The Bertz CT molecular complexity index is 374. The fraction of sp³-hybridized carbons (Fsp3) is 1.00. The Hall–Kier alpha value is 0.870. The summed E-state index contributed by atoms with van der Waals surface area (Å²) < 4.78 is 34.2. The van der Waals surface area contributed by atoms with E-state index in [1.165, 1.54) is 19.3 Å². The van der Waals surface area contributed by atoms with Gasteiger partial charge in [0, 0.05) is 5.25 Å². The monoisotopic (exact) mass is 386 g/mol. The molecule has 25 heavy (non-hydrogen) atoms. The van der Waals surface area contributed by atoms with Crippen molar-refractivity contribution < 1.29 is 47.6 Å². The van der Waals surface area contributed by atoms with Crippen LogP contribution in [0.25, 0.3) is 0 Å². The minimum atomic E-state index is -4.18. The summed E-state index contributed by atoms with van der Waals surface area (Å²) in [6, 6.07) is 0. The molecule has 6 heteroatoms. The molecule has 0 bridgehead atoms. The summed E-state index contributed by atoms with van der Waals surface area (Å²) in [4.78, 5) is 0. The van der Waals surface area contributed by atoms with Crippen molar-refractivity contribution in [3.8, 4) is 0 Å². The molecule has 0 amide bonds. The molecule has 2 atom stereocenters. The Morgan fingerprint density at radius 1 is 0.720 bits per heavy atom. The SMILES string of the molecule is CCCCCCCCC(CCCCCC(O)CCCC)S(=O)(=O)[O-].[Na+]. The van der Waals surface area contributed by atoms with Gasteiger partial charge >= 0.3 is 29.6 Å². The molecule has 2 unspecified atom stereocenters. The van der Waals surface area contributed by atoms with E-state index in [2.05, 4.69) is 13.8 Å². The van der Waals surface area contributed by atoms with Crippen LogP contribution in [0.5, 0.6) is 0 Å². The molecule has 0 fully saturated rings. The zero-order chi connectivity index (χ0) is 18.3. The van der Waals surface area contributed by atoms with E-state index >= 15 is 0 Å². The molecule has 1 N–H and O–H groups in total. The maximum Gasteiger partial charge on any atom is 1.00 e. The van der Waals surface area contributed by atoms with Crippen LogP contribution >= 0.6 is 0 Å². The molecule has 0 aliphatic rings. The van der Waals surface area contributed by atoms with Crippen LogP contribution in [0.1, 0.15) is 110 Å². The fourth-order valence-corrected chi connectivity index (χ4v) is 4.01. The molecular weight excluding hydrogens is 347 g/mol. The van der Waals surface area contributed by atoms with Crippen molar-refractivity contribution in [1.82, 2.24) is 0 Å². The number of unbranched alkanes of at least 4 members (excludes halogenated alkanes) is 8. The van der Waals surface area contributed by atoms with Gasteiger partial charge in [-0.2, -0.15) is 0 Å². The van der Waals surface area contributed by atoms with Gasteiger partial charge in [0.05, 0.1) is 16.2 Å². The molecule has 146 valence electrons. The second-order valence-corrected chi connectivity index (χ2v) is 8.76. The molecule has 4 nitrogen and oxygen atoms in total. The first-order valence-corrected chi connectivity index (χ1v) is 11.5. The molecule has 0 aliphatic heterocycles. The van der Waals surface area contributed by atoms with Crippen LogP contribution in [0.3, 0.4) is 0 Å². The Morgan fingerprint density at radius 3 is 1.64 bits per heavy atom. The zero-order valence-corrected chi connectivity index (χ0v) is 19.7. The molecule has 0 aromatic rings. The third-order valence-electron chi connectivity index (χ3n) is 4.74. The third kappa shape index (κ3) is 18.0. The molecule has 0 saturated carbocycles. The van der Waals surface area contributed by atoms with Gasteiger partial charge in [-0.25, -0.2) is 8.42 Å². The van der Waals surface area contributed by atoms with Crippen molar-refractivity contribution in [2.24, 2.45) is 0 Å². The third-order valence-corrected chi connectivity index (χ3v) is 6.03. The first-order chi connectivity index (χ1) is 11.4. The summed E-state index contributed by atoms with van der Waals surface area (Å²) in [5.41, 5.74) is 0. The van der Waals surface area contributed by atoms with E-state index in [-0.39, 0.29) is 35.7 Å². The number of hydrogen-bond donors (Lipinski definition) is 1. The van der Waals surface area contributed by atoms with E-state index in [4.69, 9.17) is 0 Å². The minimum absolute atomic E-state index is 0. The van der Waals surface area contributed by atoms with E-state index in [1.54, 1.807) is 0 Å². The smallest absolute Gasteiger partial charge is 0.748 e. The van der Waals surface area contributed by atoms with E-state index in [9.17, 15) is 18.1 Å². The topological polar surface area (TPSA) is 77.4 Å². The van der Waals surface area contributed by atoms with Gasteiger partial charge in [-0.1, -0.05) is 84.5 Å². The Kier molecular flexibility index (Phi) is 20.5. The van der Waals surface area contributed by atoms with Gasteiger partial charge in [0.15, 0.2) is 0 Å². The van der Waals surface area contributed by atoms with Crippen molar-refractivity contribution >= 4 is 10.1 Å². The van der Waals surface area contributed by atoms with E-state index in [0.717, 1.165) is 64.2 Å². The molecule has 0 spiro atoms. The second kappa shape index (κ2) is 18.2. The number of rotatable bonds is 17. The number of aliphatic hydroxyl groups excluding tert-OH is 1. The van der Waals surface area contributed by atoms with Crippen molar-refractivity contribution in [3.63, 3.8) is 0 Å². The van der Waals surface area contributed by atoms with Gasteiger partial charge in [-0.05, 0) is 25.7 Å². The van der Waals surface area contributed by atoms with Crippen LogP contribution in [-0.4, -0.2) is 29.4 Å². The minimum Gasteiger partial charge on any atom is -0.748 e. The molecule has 0 saturated heterocycles. The average Bonchev–Trinajstić information content (AvgIpc) is 2.52. The maximum atomic E-state index is 11.4. The van der Waals surface area contributed by atoms with Gasteiger partial charge in [0.1, 0.15) is 0 Å². The number of hydrogen-bond acceptors (Lipinski definition) is 4. The summed E-state index contributed by atoms with van der Waals surface area (Å²) in [6.07, 6.45) is 13.7. The van der Waals surface area contributed by atoms with Crippen molar-refractivity contribution in [2.75, 3.05) is 0 Å². The maximum absolute atomic E-state index is 11.4. The van der Waals surface area contributed by atoms with Crippen molar-refractivity contribution in [1.29, 1.82) is 0 Å². The summed E-state index contributed by atoms with van der Waals surface area (Å²) in [5.74, 6) is 0.